The summed E-state index contributed by atoms with van der Waals surface area (Å²) in [5, 5.41) is 13.6. The van der Waals surface area contributed by atoms with Crippen molar-refractivity contribution >= 4 is 29.3 Å². The van der Waals surface area contributed by atoms with Crippen molar-refractivity contribution in [3.63, 3.8) is 0 Å². The molecule has 23 heavy (non-hydrogen) atoms. The fourth-order valence-electron chi connectivity index (χ4n) is 2.47. The van der Waals surface area contributed by atoms with Crippen LogP contribution in [-0.2, 0) is 19.2 Å². The fourth-order valence-corrected chi connectivity index (χ4v) is 2.47. The summed E-state index contributed by atoms with van der Waals surface area (Å²) in [6, 6.07) is 6.78. The molecule has 0 fully saturated rings. The Bertz CT molecular complexity index is 641. The van der Waals surface area contributed by atoms with Crippen molar-refractivity contribution in [2.24, 2.45) is 0 Å². The minimum absolute atomic E-state index is 0.0892. The van der Waals surface area contributed by atoms with Crippen molar-refractivity contribution in [3.8, 4) is 0 Å². The first-order chi connectivity index (χ1) is 11.0. The predicted molar refractivity (Wildman–Crippen MR) is 81.9 cm³/mol. The van der Waals surface area contributed by atoms with Gasteiger partial charge in [-0.05, 0) is 24.5 Å². The molecular formula is C16H18N2O5. The molecule has 122 valence electrons. The quantitative estimate of drug-likeness (QED) is 0.377. The summed E-state index contributed by atoms with van der Waals surface area (Å²) in [6.45, 7) is 0.278. The number of carboxylic acids is 1. The number of hydrogen-bond donors (Lipinski definition) is 3. The summed E-state index contributed by atoms with van der Waals surface area (Å²) in [6.07, 6.45) is 1.84. The molecule has 1 aliphatic rings. The molecule has 0 bridgehead atoms. The first kappa shape index (κ1) is 16.7. The number of benzene rings is 1. The molecule has 1 aliphatic heterocycles. The lowest BCUT2D eigenvalue weighted by Gasteiger charge is -2.08. The van der Waals surface area contributed by atoms with Crippen molar-refractivity contribution in [2.75, 3.05) is 11.9 Å². The van der Waals surface area contributed by atoms with E-state index < -0.39 is 29.5 Å². The molecule has 0 saturated heterocycles. The summed E-state index contributed by atoms with van der Waals surface area (Å²) in [5.74, 6) is -4.01. The maximum atomic E-state index is 12.2. The maximum Gasteiger partial charge on any atom is 0.303 e. The molecule has 0 spiro atoms. The first-order valence-corrected chi connectivity index (χ1v) is 7.44. The van der Waals surface area contributed by atoms with Crippen LogP contribution in [0.3, 0.4) is 0 Å². The second-order valence-corrected chi connectivity index (χ2v) is 5.33. The Kier molecular flexibility index (Phi) is 5.46. The van der Waals surface area contributed by atoms with Gasteiger partial charge in [0.05, 0.1) is 0 Å². The Hall–Kier alpha value is -2.70. The minimum Gasteiger partial charge on any atom is -0.481 e. The summed E-state index contributed by atoms with van der Waals surface area (Å²) in [7, 11) is 0. The van der Waals surface area contributed by atoms with E-state index in [2.05, 4.69) is 10.6 Å². The van der Waals surface area contributed by atoms with Gasteiger partial charge in [0.2, 0.25) is 11.7 Å². The molecule has 7 heteroatoms. The summed E-state index contributed by atoms with van der Waals surface area (Å²) in [4.78, 5) is 46.3. The number of Topliss-reactive ketones (excluding diaryl/α,β-unsaturated/α-hetero) is 1. The molecule has 0 unspecified atom stereocenters. The third-order valence-corrected chi connectivity index (χ3v) is 3.63. The standard InChI is InChI=1S/C16H18N2O5/c19-12(20)8-2-1-5-9-17-16(23)14(21)13-10-6-3-4-7-11(10)18-15(13)22/h3-4,6-7,13H,1-2,5,8-9H2,(H,17,23)(H,18,22)(H,19,20)/t13-/m1/s1. The fraction of sp³-hybridized carbons (Fsp3) is 0.375. The van der Waals surface area contributed by atoms with Crippen molar-refractivity contribution in [1.29, 1.82) is 0 Å². The third kappa shape index (κ3) is 4.15. The van der Waals surface area contributed by atoms with Gasteiger partial charge in [0.1, 0.15) is 5.92 Å². The number of anilines is 1. The topological polar surface area (TPSA) is 113 Å². The highest BCUT2D eigenvalue weighted by molar-refractivity contribution is 6.44. The highest BCUT2D eigenvalue weighted by atomic mass is 16.4. The molecule has 0 saturated carbocycles. The monoisotopic (exact) mass is 318 g/mol. The van der Waals surface area contributed by atoms with Crippen LogP contribution >= 0.6 is 0 Å². The maximum absolute atomic E-state index is 12.2. The molecule has 1 aromatic rings. The van der Waals surface area contributed by atoms with Gasteiger partial charge < -0.3 is 15.7 Å². The molecule has 1 heterocycles. The lowest BCUT2D eigenvalue weighted by molar-refractivity contribution is -0.140. The van der Waals surface area contributed by atoms with Crippen LogP contribution in [0.1, 0.15) is 37.2 Å². The Labute approximate surface area is 133 Å². The van der Waals surface area contributed by atoms with Gasteiger partial charge in [0.25, 0.3) is 5.91 Å². The van der Waals surface area contributed by atoms with E-state index in [9.17, 15) is 19.2 Å². The van der Waals surface area contributed by atoms with Crippen LogP contribution in [0, 0.1) is 0 Å². The first-order valence-electron chi connectivity index (χ1n) is 7.44. The van der Waals surface area contributed by atoms with E-state index in [4.69, 9.17) is 5.11 Å². The molecule has 0 radical (unpaired) electrons. The van der Waals surface area contributed by atoms with E-state index in [0.29, 0.717) is 30.5 Å². The van der Waals surface area contributed by atoms with Gasteiger partial charge in [0.15, 0.2) is 0 Å². The number of ketones is 1. The van der Waals surface area contributed by atoms with Crippen molar-refractivity contribution < 1.29 is 24.3 Å². The Balaban J connectivity index is 1.82. The van der Waals surface area contributed by atoms with Crippen LogP contribution in [0.2, 0.25) is 0 Å². The van der Waals surface area contributed by atoms with Gasteiger partial charge in [-0.2, -0.15) is 0 Å². The number of carbonyl (C=O) groups is 4. The molecule has 2 rings (SSSR count). The SMILES string of the molecule is O=C(O)CCCCCNC(=O)C(=O)[C@@H]1C(=O)Nc2ccccc21. The molecule has 2 amide bonds. The average Bonchev–Trinajstić information content (AvgIpc) is 2.85. The van der Waals surface area contributed by atoms with E-state index in [1.165, 1.54) is 0 Å². The number of carbonyl (C=O) groups excluding carboxylic acids is 3. The summed E-state index contributed by atoms with van der Waals surface area (Å²) in [5.41, 5.74) is 1.07. The van der Waals surface area contributed by atoms with Gasteiger partial charge in [-0.3, -0.25) is 19.2 Å². The van der Waals surface area contributed by atoms with Crippen LogP contribution in [-0.4, -0.2) is 35.2 Å². The second-order valence-electron chi connectivity index (χ2n) is 5.33. The van der Waals surface area contributed by atoms with E-state index in [0.717, 1.165) is 0 Å². The highest BCUT2D eigenvalue weighted by Crippen LogP contribution is 2.32. The Morgan fingerprint density at radius 3 is 2.61 bits per heavy atom. The molecular weight excluding hydrogens is 300 g/mol. The van der Waals surface area contributed by atoms with Crippen molar-refractivity contribution in [3.05, 3.63) is 29.8 Å². The van der Waals surface area contributed by atoms with Gasteiger partial charge in [-0.15, -0.1) is 0 Å². The van der Waals surface area contributed by atoms with Crippen LogP contribution < -0.4 is 10.6 Å². The molecule has 1 atom stereocenters. The van der Waals surface area contributed by atoms with E-state index in [1.54, 1.807) is 24.3 Å². The number of aliphatic carboxylic acids is 1. The number of amides is 2. The van der Waals surface area contributed by atoms with Crippen LogP contribution in [0.25, 0.3) is 0 Å². The number of nitrogens with one attached hydrogen (secondary N) is 2. The molecule has 1 aromatic carbocycles. The zero-order valence-electron chi connectivity index (χ0n) is 12.5. The van der Waals surface area contributed by atoms with Crippen molar-refractivity contribution in [1.82, 2.24) is 5.32 Å². The summed E-state index contributed by atoms with van der Waals surface area (Å²) < 4.78 is 0. The van der Waals surface area contributed by atoms with Crippen LogP contribution in [0.4, 0.5) is 5.69 Å². The van der Waals surface area contributed by atoms with Crippen LogP contribution in [0.15, 0.2) is 24.3 Å². The summed E-state index contributed by atoms with van der Waals surface area (Å²) >= 11 is 0. The third-order valence-electron chi connectivity index (χ3n) is 3.63. The van der Waals surface area contributed by atoms with Gasteiger partial charge in [0, 0.05) is 18.7 Å². The zero-order chi connectivity index (χ0) is 16.8. The van der Waals surface area contributed by atoms with Gasteiger partial charge >= 0.3 is 5.97 Å². The number of hydrogen-bond acceptors (Lipinski definition) is 4. The van der Waals surface area contributed by atoms with E-state index in [1.807, 2.05) is 0 Å². The second kappa shape index (κ2) is 7.53. The van der Waals surface area contributed by atoms with E-state index in [-0.39, 0.29) is 13.0 Å². The smallest absolute Gasteiger partial charge is 0.303 e. The lowest BCUT2D eigenvalue weighted by Crippen LogP contribution is -2.37. The normalized spacial score (nSPS) is 15.7. The number of fused-ring (bicyclic) bond motifs is 1. The minimum atomic E-state index is -1.10. The van der Waals surface area contributed by atoms with Gasteiger partial charge in [-0.1, -0.05) is 24.6 Å². The molecule has 3 N–H and O–H groups in total. The number of unbranched alkanes of at least 4 members (excludes halogenated alkanes) is 2. The number of rotatable bonds is 8. The van der Waals surface area contributed by atoms with Crippen LogP contribution in [0.5, 0.6) is 0 Å². The lowest BCUT2D eigenvalue weighted by atomic mass is 9.95. The number of carboxylic acid groups (broad SMARTS) is 1. The zero-order valence-corrected chi connectivity index (χ0v) is 12.5. The molecule has 0 aromatic heterocycles. The van der Waals surface area contributed by atoms with Gasteiger partial charge in [-0.25, -0.2) is 0 Å². The Morgan fingerprint density at radius 1 is 1.13 bits per heavy atom. The average molecular weight is 318 g/mol. The largest absolute Gasteiger partial charge is 0.481 e. The highest BCUT2D eigenvalue weighted by Gasteiger charge is 2.39. The molecule has 7 nitrogen and oxygen atoms in total. The predicted octanol–water partition coefficient (Wildman–Crippen LogP) is 1.05. The number of para-hydroxylation sites is 1. The van der Waals surface area contributed by atoms with E-state index >= 15 is 0 Å². The molecule has 0 aliphatic carbocycles. The Morgan fingerprint density at radius 2 is 1.87 bits per heavy atom. The van der Waals surface area contributed by atoms with Crippen molar-refractivity contribution in [2.45, 2.75) is 31.6 Å².